The minimum atomic E-state index is 0. The fourth-order valence-electron chi connectivity index (χ4n) is 1.64. The molecule has 0 aliphatic carbocycles. The molecule has 3 aromatic rings. The van der Waals surface area contributed by atoms with Crippen molar-refractivity contribution in [3.05, 3.63) is 46.7 Å². The molecule has 1 aromatic carbocycles. The van der Waals surface area contributed by atoms with Crippen molar-refractivity contribution in [3.63, 3.8) is 0 Å². The van der Waals surface area contributed by atoms with Crippen LogP contribution in [0.5, 0.6) is 0 Å². The number of benzene rings is 1. The molecular weight excluding hydrogens is 344 g/mol. The fraction of sp³-hybridized carbons (Fsp3) is 0.0769. The first-order chi connectivity index (χ1) is 8.83. The Balaban J connectivity index is 0.00000133. The number of carbonyl (C=O) groups excluding carboxylic acids is 1. The van der Waals surface area contributed by atoms with Gasteiger partial charge in [0.1, 0.15) is 0 Å². The van der Waals surface area contributed by atoms with Gasteiger partial charge in [-0.25, -0.2) is 4.98 Å². The number of thioether (sulfide) groups is 1. The van der Waals surface area contributed by atoms with Crippen LogP contribution in [0.2, 0.25) is 0 Å². The number of aromatic amines is 1. The Kier molecular flexibility index (Phi) is 4.79. The maximum absolute atomic E-state index is 11.8. The van der Waals surface area contributed by atoms with Crippen LogP contribution in [0.4, 0.5) is 0 Å². The summed E-state index contributed by atoms with van der Waals surface area (Å²) in [6, 6.07) is 11.6. The number of nitrogens with zero attached hydrogens (tertiary/aromatic N) is 1. The van der Waals surface area contributed by atoms with Crippen LogP contribution in [0.25, 0.3) is 11.0 Å². The van der Waals surface area contributed by atoms with Crippen LogP contribution >= 0.6 is 23.1 Å². The Labute approximate surface area is 129 Å². The molecule has 0 aliphatic rings. The molecule has 0 spiro atoms. The van der Waals surface area contributed by atoms with Crippen LogP contribution < -0.4 is 17.0 Å². The van der Waals surface area contributed by atoms with E-state index in [4.69, 9.17) is 0 Å². The number of ketones is 1. The van der Waals surface area contributed by atoms with E-state index in [2.05, 4.69) is 9.97 Å². The predicted molar refractivity (Wildman–Crippen MR) is 75.5 cm³/mol. The van der Waals surface area contributed by atoms with Gasteiger partial charge in [0, 0.05) is 0 Å². The normalized spacial score (nSPS) is 10.3. The highest BCUT2D eigenvalue weighted by Crippen LogP contribution is 2.21. The van der Waals surface area contributed by atoms with E-state index in [1.807, 2.05) is 41.8 Å². The van der Waals surface area contributed by atoms with Gasteiger partial charge in [-0.2, -0.15) is 0 Å². The minimum Gasteiger partial charge on any atom is -1.00 e. The lowest BCUT2D eigenvalue weighted by Crippen LogP contribution is -3.00. The Hall–Kier alpha value is -1.11. The second-order valence-electron chi connectivity index (χ2n) is 3.75. The van der Waals surface area contributed by atoms with Crippen molar-refractivity contribution in [2.24, 2.45) is 0 Å². The molecule has 1 N–H and O–H groups in total. The third-order valence-corrected chi connectivity index (χ3v) is 4.29. The number of hydrogen-bond acceptors (Lipinski definition) is 4. The molecule has 6 heteroatoms. The highest BCUT2D eigenvalue weighted by Gasteiger charge is 2.09. The van der Waals surface area contributed by atoms with Gasteiger partial charge in [0.25, 0.3) is 0 Å². The molecule has 0 amide bonds. The summed E-state index contributed by atoms with van der Waals surface area (Å²) in [6.45, 7) is 0. The van der Waals surface area contributed by atoms with Crippen LogP contribution in [0.15, 0.2) is 46.9 Å². The quantitative estimate of drug-likeness (QED) is 0.552. The first-order valence-electron chi connectivity index (χ1n) is 5.47. The van der Waals surface area contributed by atoms with Crippen molar-refractivity contribution >= 4 is 39.9 Å². The topological polar surface area (TPSA) is 45.8 Å². The SMILES string of the molecule is O=C(CSc1nc2ccccc2[nH]1)c1cccs1.[Br-]. The Bertz CT molecular complexity index is 646. The summed E-state index contributed by atoms with van der Waals surface area (Å²) in [6.07, 6.45) is 0. The largest absolute Gasteiger partial charge is 1.00 e. The summed E-state index contributed by atoms with van der Waals surface area (Å²) < 4.78 is 0. The zero-order valence-electron chi connectivity index (χ0n) is 9.80. The molecule has 19 heavy (non-hydrogen) atoms. The van der Waals surface area contributed by atoms with Crippen molar-refractivity contribution in [1.82, 2.24) is 9.97 Å². The average Bonchev–Trinajstić information content (AvgIpc) is 3.04. The zero-order valence-corrected chi connectivity index (χ0v) is 13.0. The predicted octanol–water partition coefficient (Wildman–Crippen LogP) is 0.603. The maximum atomic E-state index is 11.8. The standard InChI is InChI=1S/C13H10N2OS2.BrH/c16-11(12-6-3-7-17-12)8-18-13-14-9-4-1-2-5-10(9)15-13;/h1-7H,8H2,(H,14,15);1H/p-1. The molecule has 98 valence electrons. The molecule has 2 aromatic heterocycles. The summed E-state index contributed by atoms with van der Waals surface area (Å²) in [5.74, 6) is 0.566. The average molecular weight is 354 g/mol. The third-order valence-electron chi connectivity index (χ3n) is 2.50. The number of thiophene rings is 1. The van der Waals surface area contributed by atoms with Gasteiger partial charge < -0.3 is 22.0 Å². The second-order valence-corrected chi connectivity index (χ2v) is 5.66. The number of aromatic nitrogens is 2. The number of carbonyl (C=O) groups is 1. The number of hydrogen-bond donors (Lipinski definition) is 1. The Morgan fingerprint density at radius 1 is 1.26 bits per heavy atom. The van der Waals surface area contributed by atoms with E-state index in [0.29, 0.717) is 5.75 Å². The number of para-hydroxylation sites is 2. The summed E-state index contributed by atoms with van der Waals surface area (Å²) in [4.78, 5) is 20.3. The lowest BCUT2D eigenvalue weighted by Gasteiger charge is -1.95. The number of fused-ring (bicyclic) bond motifs is 1. The van der Waals surface area contributed by atoms with E-state index >= 15 is 0 Å². The zero-order chi connectivity index (χ0) is 12.4. The third kappa shape index (κ3) is 3.26. The van der Waals surface area contributed by atoms with Gasteiger partial charge >= 0.3 is 0 Å². The molecule has 0 saturated carbocycles. The second kappa shape index (κ2) is 6.36. The lowest BCUT2D eigenvalue weighted by atomic mass is 10.3. The molecule has 0 fully saturated rings. The number of halogens is 1. The summed E-state index contributed by atoms with van der Waals surface area (Å²) >= 11 is 2.92. The number of imidazole rings is 1. The highest BCUT2D eigenvalue weighted by molar-refractivity contribution is 7.99. The lowest BCUT2D eigenvalue weighted by molar-refractivity contribution is -0.0000114. The van der Waals surface area contributed by atoms with Crippen LogP contribution in [0.3, 0.4) is 0 Å². The van der Waals surface area contributed by atoms with Gasteiger partial charge in [0.05, 0.1) is 21.7 Å². The smallest absolute Gasteiger partial charge is 0.183 e. The van der Waals surface area contributed by atoms with Crippen molar-refractivity contribution < 1.29 is 21.8 Å². The molecule has 3 rings (SSSR count). The summed E-state index contributed by atoms with van der Waals surface area (Å²) in [5, 5.41) is 2.71. The number of rotatable bonds is 4. The monoisotopic (exact) mass is 353 g/mol. The van der Waals surface area contributed by atoms with E-state index in [-0.39, 0.29) is 22.8 Å². The van der Waals surface area contributed by atoms with E-state index < -0.39 is 0 Å². The maximum Gasteiger partial charge on any atom is 0.183 e. The van der Waals surface area contributed by atoms with Gasteiger partial charge in [-0.05, 0) is 23.6 Å². The van der Waals surface area contributed by atoms with Crippen LogP contribution in [-0.4, -0.2) is 21.5 Å². The van der Waals surface area contributed by atoms with E-state index in [0.717, 1.165) is 21.1 Å². The van der Waals surface area contributed by atoms with Gasteiger partial charge in [0.2, 0.25) is 0 Å². The Morgan fingerprint density at radius 3 is 2.84 bits per heavy atom. The highest BCUT2D eigenvalue weighted by atomic mass is 79.9. The molecule has 2 heterocycles. The van der Waals surface area contributed by atoms with E-state index in [9.17, 15) is 4.79 Å². The van der Waals surface area contributed by atoms with Gasteiger partial charge in [-0.1, -0.05) is 30.0 Å². The molecule has 0 atom stereocenters. The van der Waals surface area contributed by atoms with Crippen LogP contribution in [-0.2, 0) is 0 Å². The van der Waals surface area contributed by atoms with Crippen molar-refractivity contribution in [2.75, 3.05) is 5.75 Å². The fourth-order valence-corrected chi connectivity index (χ4v) is 3.16. The van der Waals surface area contributed by atoms with E-state index in [1.165, 1.54) is 23.1 Å². The number of Topliss-reactive ketones (excluding diaryl/α,β-unsaturated/α-hetero) is 1. The molecule has 0 radical (unpaired) electrons. The molecular formula is C13H10BrN2OS2-. The van der Waals surface area contributed by atoms with Crippen molar-refractivity contribution in [1.29, 1.82) is 0 Å². The van der Waals surface area contributed by atoms with Crippen molar-refractivity contribution in [3.8, 4) is 0 Å². The number of nitrogens with one attached hydrogen (secondary N) is 1. The van der Waals surface area contributed by atoms with Crippen LogP contribution in [0.1, 0.15) is 9.67 Å². The molecule has 0 aliphatic heterocycles. The minimum absolute atomic E-state index is 0. The van der Waals surface area contributed by atoms with Crippen molar-refractivity contribution in [2.45, 2.75) is 5.16 Å². The van der Waals surface area contributed by atoms with E-state index in [1.54, 1.807) is 0 Å². The van der Waals surface area contributed by atoms with Crippen LogP contribution in [0, 0.1) is 0 Å². The number of H-pyrrole nitrogens is 1. The first kappa shape index (κ1) is 14.3. The molecule has 0 bridgehead atoms. The van der Waals surface area contributed by atoms with Gasteiger partial charge in [-0.15, -0.1) is 11.3 Å². The summed E-state index contributed by atoms with van der Waals surface area (Å²) in [5.41, 5.74) is 1.94. The van der Waals surface area contributed by atoms with Gasteiger partial charge in [-0.3, -0.25) is 4.79 Å². The molecule has 0 unspecified atom stereocenters. The summed E-state index contributed by atoms with van der Waals surface area (Å²) in [7, 11) is 0. The first-order valence-corrected chi connectivity index (χ1v) is 7.34. The molecule has 3 nitrogen and oxygen atoms in total. The molecule has 0 saturated heterocycles. The van der Waals surface area contributed by atoms with Gasteiger partial charge in [0.15, 0.2) is 10.9 Å². The Morgan fingerprint density at radius 2 is 2.11 bits per heavy atom.